The SMILES string of the molecule is CC(C)c1cccc(N(C)S(=O)(=O)c2ccc3c(c2)=NC(=O)C(=O)N=3)c1. The fraction of sp³-hybridized carbons (Fsp3) is 0.222. The first kappa shape index (κ1) is 17.9. The van der Waals surface area contributed by atoms with E-state index in [1.54, 1.807) is 6.07 Å². The molecule has 7 nitrogen and oxygen atoms in total. The van der Waals surface area contributed by atoms with Crippen molar-refractivity contribution in [2.75, 3.05) is 11.4 Å². The molecular formula is C18H17N3O4S. The highest BCUT2D eigenvalue weighted by Crippen LogP contribution is 2.25. The van der Waals surface area contributed by atoms with Gasteiger partial charge >= 0.3 is 11.8 Å². The van der Waals surface area contributed by atoms with Gasteiger partial charge in [-0.1, -0.05) is 26.0 Å². The van der Waals surface area contributed by atoms with Crippen LogP contribution in [0, 0.1) is 0 Å². The van der Waals surface area contributed by atoms with E-state index in [-0.39, 0.29) is 21.5 Å². The first-order valence-corrected chi connectivity index (χ1v) is 9.39. The van der Waals surface area contributed by atoms with E-state index in [0.29, 0.717) is 5.69 Å². The lowest BCUT2D eigenvalue weighted by atomic mass is 10.0. The lowest BCUT2D eigenvalue weighted by molar-refractivity contribution is -0.135. The summed E-state index contributed by atoms with van der Waals surface area (Å²) in [5, 5.41) is 0.248. The van der Waals surface area contributed by atoms with Gasteiger partial charge in [0.25, 0.3) is 10.0 Å². The molecule has 0 aliphatic carbocycles. The van der Waals surface area contributed by atoms with E-state index < -0.39 is 21.8 Å². The van der Waals surface area contributed by atoms with Crippen LogP contribution in [0.15, 0.2) is 57.3 Å². The highest BCUT2D eigenvalue weighted by Gasteiger charge is 2.23. The van der Waals surface area contributed by atoms with Crippen LogP contribution in [0.1, 0.15) is 25.3 Å². The standard InChI is InChI=1S/C18H17N3O4S/c1-11(2)12-5-4-6-13(9-12)21(3)26(24,25)14-7-8-15-16(10-14)20-18(23)17(22)19-15/h4-11H,1-3H3. The molecule has 0 spiro atoms. The van der Waals surface area contributed by atoms with Crippen LogP contribution in [-0.2, 0) is 19.6 Å². The van der Waals surface area contributed by atoms with Gasteiger partial charge < -0.3 is 0 Å². The third-order valence-electron chi connectivity index (χ3n) is 4.13. The average molecular weight is 371 g/mol. The third-order valence-corrected chi connectivity index (χ3v) is 5.91. The van der Waals surface area contributed by atoms with E-state index >= 15 is 0 Å². The van der Waals surface area contributed by atoms with Gasteiger partial charge in [-0.25, -0.2) is 18.4 Å². The predicted molar refractivity (Wildman–Crippen MR) is 94.9 cm³/mol. The van der Waals surface area contributed by atoms with Gasteiger partial charge in [-0.15, -0.1) is 0 Å². The fourth-order valence-corrected chi connectivity index (χ4v) is 3.75. The highest BCUT2D eigenvalue weighted by molar-refractivity contribution is 7.92. The van der Waals surface area contributed by atoms with Crippen LogP contribution in [0.5, 0.6) is 0 Å². The summed E-state index contributed by atoms with van der Waals surface area (Å²) in [5.41, 5.74) is 1.55. The van der Waals surface area contributed by atoms with Gasteiger partial charge in [-0.3, -0.25) is 13.9 Å². The maximum Gasteiger partial charge on any atom is 0.338 e. The second-order valence-electron chi connectivity index (χ2n) is 6.21. The third kappa shape index (κ3) is 3.15. The zero-order valence-corrected chi connectivity index (χ0v) is 15.3. The first-order chi connectivity index (χ1) is 12.2. The Morgan fingerprint density at radius 3 is 2.23 bits per heavy atom. The number of hydrogen-bond donors (Lipinski definition) is 0. The van der Waals surface area contributed by atoms with Gasteiger partial charge in [0.05, 0.1) is 21.3 Å². The Morgan fingerprint density at radius 2 is 1.58 bits per heavy atom. The zero-order valence-electron chi connectivity index (χ0n) is 14.5. The van der Waals surface area contributed by atoms with Crippen molar-refractivity contribution in [2.45, 2.75) is 24.7 Å². The molecule has 0 atom stereocenters. The van der Waals surface area contributed by atoms with Gasteiger partial charge in [-0.2, -0.15) is 0 Å². The molecular weight excluding hydrogens is 354 g/mol. The number of hydrogen-bond acceptors (Lipinski definition) is 4. The van der Waals surface area contributed by atoms with Crippen molar-refractivity contribution in [3.63, 3.8) is 0 Å². The quantitative estimate of drug-likeness (QED) is 0.747. The molecule has 0 saturated carbocycles. The van der Waals surface area contributed by atoms with Crippen molar-refractivity contribution < 1.29 is 18.0 Å². The summed E-state index contributed by atoms with van der Waals surface area (Å²) in [6.45, 7) is 4.06. The van der Waals surface area contributed by atoms with Gasteiger partial charge in [0.2, 0.25) is 0 Å². The summed E-state index contributed by atoms with van der Waals surface area (Å²) < 4.78 is 27.1. The van der Waals surface area contributed by atoms with E-state index in [0.717, 1.165) is 5.56 Å². The highest BCUT2D eigenvalue weighted by atomic mass is 32.2. The van der Waals surface area contributed by atoms with E-state index in [1.165, 1.54) is 29.6 Å². The zero-order chi connectivity index (χ0) is 19.1. The number of benzene rings is 2. The number of rotatable bonds is 4. The van der Waals surface area contributed by atoms with Crippen LogP contribution in [0.4, 0.5) is 5.69 Å². The summed E-state index contributed by atoms with van der Waals surface area (Å²) in [6, 6.07) is 11.2. The number of carbonyl (C=O) groups is 2. The summed E-state index contributed by atoms with van der Waals surface area (Å²) in [7, 11) is -2.40. The van der Waals surface area contributed by atoms with Crippen molar-refractivity contribution in [3.05, 3.63) is 58.7 Å². The molecule has 1 heterocycles. The molecule has 2 aromatic carbocycles. The Kier molecular flexibility index (Phi) is 4.45. The van der Waals surface area contributed by atoms with Crippen LogP contribution in [0.25, 0.3) is 0 Å². The van der Waals surface area contributed by atoms with E-state index in [4.69, 9.17) is 0 Å². The molecule has 0 unspecified atom stereocenters. The van der Waals surface area contributed by atoms with Crippen molar-refractivity contribution in [1.82, 2.24) is 0 Å². The van der Waals surface area contributed by atoms with Gasteiger partial charge in [0.15, 0.2) is 0 Å². The second-order valence-corrected chi connectivity index (χ2v) is 8.18. The molecule has 0 N–H and O–H groups in total. The molecule has 0 radical (unpaired) electrons. The number of fused-ring (bicyclic) bond motifs is 1. The molecule has 134 valence electrons. The summed E-state index contributed by atoms with van der Waals surface area (Å²) in [5.74, 6) is -1.71. The van der Waals surface area contributed by atoms with Gasteiger partial charge in [0, 0.05) is 7.05 Å². The first-order valence-electron chi connectivity index (χ1n) is 7.95. The molecule has 26 heavy (non-hydrogen) atoms. The van der Waals surface area contributed by atoms with Gasteiger partial charge in [0.1, 0.15) is 0 Å². The molecule has 0 aromatic heterocycles. The lowest BCUT2D eigenvalue weighted by Crippen LogP contribution is -2.36. The van der Waals surface area contributed by atoms with E-state index in [2.05, 4.69) is 9.98 Å². The number of amides is 2. The Balaban J connectivity index is 2.07. The monoisotopic (exact) mass is 371 g/mol. The Hall–Kier alpha value is -2.87. The van der Waals surface area contributed by atoms with Crippen LogP contribution < -0.4 is 15.0 Å². The summed E-state index contributed by atoms with van der Waals surface area (Å²) >= 11 is 0. The molecule has 0 fully saturated rings. The van der Waals surface area contributed by atoms with Crippen molar-refractivity contribution in [3.8, 4) is 0 Å². The van der Waals surface area contributed by atoms with Crippen LogP contribution in [0.3, 0.4) is 0 Å². The van der Waals surface area contributed by atoms with Crippen LogP contribution in [-0.4, -0.2) is 27.3 Å². The number of sulfonamides is 1. The minimum absolute atomic E-state index is 0.0326. The lowest BCUT2D eigenvalue weighted by Gasteiger charge is -2.21. The minimum atomic E-state index is -3.86. The van der Waals surface area contributed by atoms with Crippen LogP contribution >= 0.6 is 0 Å². The normalized spacial score (nSPS) is 13.8. The Bertz CT molecular complexity index is 1140. The minimum Gasteiger partial charge on any atom is -0.269 e. The van der Waals surface area contributed by atoms with E-state index in [9.17, 15) is 18.0 Å². The van der Waals surface area contributed by atoms with Crippen molar-refractivity contribution in [2.24, 2.45) is 9.98 Å². The number of carbonyl (C=O) groups excluding carboxylic acids is 2. The molecule has 0 saturated heterocycles. The molecule has 2 aromatic rings. The largest absolute Gasteiger partial charge is 0.338 e. The molecule has 8 heteroatoms. The Morgan fingerprint density at radius 1 is 0.923 bits per heavy atom. The summed E-state index contributed by atoms with van der Waals surface area (Å²) in [4.78, 5) is 29.9. The molecule has 2 amide bonds. The molecule has 3 rings (SSSR count). The van der Waals surface area contributed by atoms with Gasteiger partial charge in [-0.05, 0) is 41.8 Å². The molecule has 0 bridgehead atoms. The maximum absolute atomic E-state index is 12.9. The predicted octanol–water partition coefficient (Wildman–Crippen LogP) is 0.941. The molecule has 1 aliphatic heterocycles. The fourth-order valence-electron chi connectivity index (χ4n) is 2.54. The van der Waals surface area contributed by atoms with Crippen LogP contribution in [0.2, 0.25) is 0 Å². The van der Waals surface area contributed by atoms with E-state index in [1.807, 2.05) is 32.0 Å². The van der Waals surface area contributed by atoms with Crippen molar-refractivity contribution >= 4 is 27.5 Å². The van der Waals surface area contributed by atoms with Crippen molar-refractivity contribution in [1.29, 1.82) is 0 Å². The average Bonchev–Trinajstić information content (AvgIpc) is 2.61. The second kappa shape index (κ2) is 6.45. The smallest absolute Gasteiger partial charge is 0.269 e. The number of nitrogens with zero attached hydrogens (tertiary/aromatic N) is 3. The topological polar surface area (TPSA) is 96.2 Å². The maximum atomic E-state index is 12.9. The molecule has 1 aliphatic rings. The number of anilines is 1. The summed E-state index contributed by atoms with van der Waals surface area (Å²) in [6.07, 6.45) is 0. The Labute approximate surface area is 150 Å².